The summed E-state index contributed by atoms with van der Waals surface area (Å²) in [7, 11) is 0. The van der Waals surface area contributed by atoms with Crippen LogP contribution in [0.2, 0.25) is 0 Å². The normalized spacial score (nSPS) is 23.4. The van der Waals surface area contributed by atoms with Gasteiger partial charge in [0.05, 0.1) is 12.5 Å². The van der Waals surface area contributed by atoms with Crippen LogP contribution in [0.4, 0.5) is 0 Å². The van der Waals surface area contributed by atoms with E-state index in [1.807, 2.05) is 13.8 Å². The van der Waals surface area contributed by atoms with Crippen molar-refractivity contribution in [3.8, 4) is 0 Å². The standard InChI is InChI=1S/C10H20N2O2/c1-3-14-7-8(2)12-10(13)9-4-5-11-6-9/h8-9,11H,3-7H2,1-2H3,(H,12,13). The van der Waals surface area contributed by atoms with Crippen molar-refractivity contribution in [2.45, 2.75) is 26.3 Å². The topological polar surface area (TPSA) is 50.4 Å². The van der Waals surface area contributed by atoms with E-state index in [-0.39, 0.29) is 17.9 Å². The molecule has 0 aliphatic carbocycles. The zero-order chi connectivity index (χ0) is 10.4. The van der Waals surface area contributed by atoms with Crippen molar-refractivity contribution in [2.75, 3.05) is 26.3 Å². The van der Waals surface area contributed by atoms with Gasteiger partial charge in [-0.1, -0.05) is 0 Å². The van der Waals surface area contributed by atoms with Crippen molar-refractivity contribution in [1.29, 1.82) is 0 Å². The molecule has 1 heterocycles. The maximum Gasteiger partial charge on any atom is 0.224 e. The van der Waals surface area contributed by atoms with E-state index in [4.69, 9.17) is 4.74 Å². The molecule has 1 rings (SSSR count). The molecule has 1 fully saturated rings. The molecule has 4 heteroatoms. The summed E-state index contributed by atoms with van der Waals surface area (Å²) in [6.07, 6.45) is 0.952. The molecule has 1 amide bonds. The van der Waals surface area contributed by atoms with E-state index in [0.29, 0.717) is 13.2 Å². The average molecular weight is 200 g/mol. The van der Waals surface area contributed by atoms with Crippen LogP contribution in [0.15, 0.2) is 0 Å². The molecule has 2 N–H and O–H groups in total. The molecule has 2 atom stereocenters. The third kappa shape index (κ3) is 3.64. The number of hydrogen-bond acceptors (Lipinski definition) is 3. The number of rotatable bonds is 5. The quantitative estimate of drug-likeness (QED) is 0.663. The van der Waals surface area contributed by atoms with Gasteiger partial charge < -0.3 is 15.4 Å². The Bertz CT molecular complexity index is 179. The van der Waals surface area contributed by atoms with Gasteiger partial charge in [-0.15, -0.1) is 0 Å². The molecule has 1 aliphatic heterocycles. The van der Waals surface area contributed by atoms with Gasteiger partial charge in [-0.25, -0.2) is 0 Å². The van der Waals surface area contributed by atoms with Crippen molar-refractivity contribution in [2.24, 2.45) is 5.92 Å². The third-order valence-corrected chi connectivity index (χ3v) is 2.39. The molecular weight excluding hydrogens is 180 g/mol. The summed E-state index contributed by atoms with van der Waals surface area (Å²) < 4.78 is 5.23. The first-order valence-electron chi connectivity index (χ1n) is 5.33. The van der Waals surface area contributed by atoms with E-state index >= 15 is 0 Å². The lowest BCUT2D eigenvalue weighted by atomic mass is 10.1. The summed E-state index contributed by atoms with van der Waals surface area (Å²) in [6, 6.07) is 0.114. The van der Waals surface area contributed by atoms with Gasteiger partial charge in [0.2, 0.25) is 5.91 Å². The van der Waals surface area contributed by atoms with Crippen LogP contribution in [-0.2, 0) is 9.53 Å². The first-order valence-corrected chi connectivity index (χ1v) is 5.33. The van der Waals surface area contributed by atoms with Gasteiger partial charge in [0.25, 0.3) is 0 Å². The number of nitrogens with one attached hydrogen (secondary N) is 2. The highest BCUT2D eigenvalue weighted by molar-refractivity contribution is 5.79. The van der Waals surface area contributed by atoms with Gasteiger partial charge in [0.15, 0.2) is 0 Å². The second kappa shape index (κ2) is 5.98. The van der Waals surface area contributed by atoms with Crippen LogP contribution in [-0.4, -0.2) is 38.3 Å². The highest BCUT2D eigenvalue weighted by atomic mass is 16.5. The Morgan fingerprint density at radius 1 is 1.71 bits per heavy atom. The third-order valence-electron chi connectivity index (χ3n) is 2.39. The smallest absolute Gasteiger partial charge is 0.224 e. The minimum absolute atomic E-state index is 0.114. The predicted octanol–water partition coefficient (Wildman–Crippen LogP) is 0.137. The molecule has 0 aromatic heterocycles. The fraction of sp³-hybridized carbons (Fsp3) is 0.900. The minimum atomic E-state index is 0.114. The molecule has 82 valence electrons. The van der Waals surface area contributed by atoms with Crippen LogP contribution in [0.1, 0.15) is 20.3 Å². The van der Waals surface area contributed by atoms with Gasteiger partial charge >= 0.3 is 0 Å². The molecule has 1 aliphatic rings. The molecule has 0 spiro atoms. The Kier molecular flexibility index (Phi) is 4.90. The fourth-order valence-corrected chi connectivity index (χ4v) is 1.58. The highest BCUT2D eigenvalue weighted by Crippen LogP contribution is 2.07. The maximum atomic E-state index is 11.6. The second-order valence-electron chi connectivity index (χ2n) is 3.76. The van der Waals surface area contributed by atoms with Crippen LogP contribution in [0, 0.1) is 5.92 Å². The first kappa shape index (κ1) is 11.5. The van der Waals surface area contributed by atoms with Gasteiger partial charge in [0.1, 0.15) is 0 Å². The molecule has 0 bridgehead atoms. The zero-order valence-corrected chi connectivity index (χ0v) is 9.01. The predicted molar refractivity (Wildman–Crippen MR) is 55.1 cm³/mol. The molecular formula is C10H20N2O2. The van der Waals surface area contributed by atoms with Crippen LogP contribution in [0.5, 0.6) is 0 Å². The number of amides is 1. The largest absolute Gasteiger partial charge is 0.380 e. The number of carbonyl (C=O) groups excluding carboxylic acids is 1. The minimum Gasteiger partial charge on any atom is -0.380 e. The van der Waals surface area contributed by atoms with Crippen LogP contribution in [0.3, 0.4) is 0 Å². The van der Waals surface area contributed by atoms with E-state index in [9.17, 15) is 4.79 Å². The van der Waals surface area contributed by atoms with Gasteiger partial charge in [-0.3, -0.25) is 4.79 Å². The van der Waals surface area contributed by atoms with Crippen molar-refractivity contribution in [1.82, 2.24) is 10.6 Å². The monoisotopic (exact) mass is 200 g/mol. The van der Waals surface area contributed by atoms with Gasteiger partial charge in [-0.2, -0.15) is 0 Å². The van der Waals surface area contributed by atoms with E-state index in [1.54, 1.807) is 0 Å². The summed E-state index contributed by atoms with van der Waals surface area (Å²) in [5.41, 5.74) is 0. The molecule has 0 radical (unpaired) electrons. The van der Waals surface area contributed by atoms with Gasteiger partial charge in [0, 0.05) is 19.2 Å². The fourth-order valence-electron chi connectivity index (χ4n) is 1.58. The van der Waals surface area contributed by atoms with E-state index < -0.39 is 0 Å². The second-order valence-corrected chi connectivity index (χ2v) is 3.76. The van der Waals surface area contributed by atoms with Crippen molar-refractivity contribution in [3.63, 3.8) is 0 Å². The van der Waals surface area contributed by atoms with E-state index in [2.05, 4.69) is 10.6 Å². The molecule has 0 aromatic carbocycles. The Morgan fingerprint density at radius 2 is 2.50 bits per heavy atom. The summed E-state index contributed by atoms with van der Waals surface area (Å²) in [5.74, 6) is 0.307. The molecule has 0 saturated carbocycles. The highest BCUT2D eigenvalue weighted by Gasteiger charge is 2.23. The molecule has 0 aromatic rings. The Hall–Kier alpha value is -0.610. The lowest BCUT2D eigenvalue weighted by Gasteiger charge is -2.16. The Labute approximate surface area is 85.4 Å². The molecule has 14 heavy (non-hydrogen) atoms. The molecule has 2 unspecified atom stereocenters. The summed E-state index contributed by atoms with van der Waals surface area (Å²) in [4.78, 5) is 11.6. The Morgan fingerprint density at radius 3 is 3.07 bits per heavy atom. The van der Waals surface area contributed by atoms with Crippen molar-refractivity contribution < 1.29 is 9.53 Å². The van der Waals surface area contributed by atoms with Gasteiger partial charge in [-0.05, 0) is 26.8 Å². The maximum absolute atomic E-state index is 11.6. The van der Waals surface area contributed by atoms with Crippen molar-refractivity contribution in [3.05, 3.63) is 0 Å². The van der Waals surface area contributed by atoms with Crippen molar-refractivity contribution >= 4 is 5.91 Å². The average Bonchev–Trinajstić information content (AvgIpc) is 2.67. The lowest BCUT2D eigenvalue weighted by Crippen LogP contribution is -2.40. The molecule has 1 saturated heterocycles. The number of carbonyl (C=O) groups is 1. The number of hydrogen-bond donors (Lipinski definition) is 2. The summed E-state index contributed by atoms with van der Waals surface area (Å²) >= 11 is 0. The summed E-state index contributed by atoms with van der Waals surface area (Å²) in [6.45, 7) is 6.99. The Balaban J connectivity index is 2.18. The summed E-state index contributed by atoms with van der Waals surface area (Å²) in [5, 5.41) is 6.13. The van der Waals surface area contributed by atoms with E-state index in [0.717, 1.165) is 19.5 Å². The SMILES string of the molecule is CCOCC(C)NC(=O)C1CCNC1. The zero-order valence-electron chi connectivity index (χ0n) is 9.01. The lowest BCUT2D eigenvalue weighted by molar-refractivity contribution is -0.125. The van der Waals surface area contributed by atoms with Crippen LogP contribution < -0.4 is 10.6 Å². The van der Waals surface area contributed by atoms with Crippen LogP contribution in [0.25, 0.3) is 0 Å². The number of ether oxygens (including phenoxy) is 1. The van der Waals surface area contributed by atoms with E-state index in [1.165, 1.54) is 0 Å². The first-order chi connectivity index (χ1) is 6.74. The molecule has 4 nitrogen and oxygen atoms in total. The van der Waals surface area contributed by atoms with Crippen LogP contribution >= 0.6 is 0 Å².